The van der Waals surface area contributed by atoms with Crippen LogP contribution in [0.4, 0.5) is 5.69 Å². The third-order valence-corrected chi connectivity index (χ3v) is 3.80. The Balaban J connectivity index is 1.85. The molecule has 0 radical (unpaired) electrons. The highest BCUT2D eigenvalue weighted by Crippen LogP contribution is 2.33. The summed E-state index contributed by atoms with van der Waals surface area (Å²) in [7, 11) is 0. The number of anilines is 1. The Morgan fingerprint density at radius 3 is 3.14 bits per heavy atom. The van der Waals surface area contributed by atoms with Crippen LogP contribution in [0.5, 0.6) is 5.75 Å². The Morgan fingerprint density at radius 2 is 2.33 bits per heavy atom. The van der Waals surface area contributed by atoms with Gasteiger partial charge in [0.2, 0.25) is 0 Å². The summed E-state index contributed by atoms with van der Waals surface area (Å²) < 4.78 is 6.66. The lowest BCUT2D eigenvalue weighted by Crippen LogP contribution is -2.07. The van der Waals surface area contributed by atoms with Crippen molar-refractivity contribution in [3.05, 3.63) is 51.8 Å². The lowest BCUT2D eigenvalue weighted by atomic mass is 10.1. The van der Waals surface area contributed by atoms with E-state index in [0.717, 1.165) is 22.2 Å². The predicted molar refractivity (Wildman–Crippen MR) is 81.9 cm³/mol. The molecule has 0 amide bonds. The number of fused-ring (bicyclic) bond motifs is 1. The van der Waals surface area contributed by atoms with Gasteiger partial charge in [-0.25, -0.2) is 4.79 Å². The van der Waals surface area contributed by atoms with Gasteiger partial charge in [-0.15, -0.1) is 0 Å². The molecule has 5 nitrogen and oxygen atoms in total. The summed E-state index contributed by atoms with van der Waals surface area (Å²) in [4.78, 5) is 15.0. The van der Waals surface area contributed by atoms with Crippen LogP contribution in [0.15, 0.2) is 35.1 Å². The van der Waals surface area contributed by atoms with E-state index in [1.54, 1.807) is 12.3 Å². The van der Waals surface area contributed by atoms with Crippen LogP contribution in [-0.2, 0) is 13.0 Å². The van der Waals surface area contributed by atoms with Gasteiger partial charge in [-0.2, -0.15) is 0 Å². The Morgan fingerprint density at radius 1 is 1.48 bits per heavy atom. The molecule has 0 fully saturated rings. The molecule has 0 saturated carbocycles. The molecule has 0 saturated heterocycles. The standard InChI is InChI=1S/C15H13BrN2O3/c16-11-5-9-2-4-21-14(9)10(6-11)7-18-13-1-3-17-8-12(13)15(19)20/h1,3,5-6,8H,2,4,7H2,(H,17,18)(H,19,20). The third-order valence-electron chi connectivity index (χ3n) is 3.35. The van der Waals surface area contributed by atoms with Gasteiger partial charge in [0.05, 0.1) is 12.3 Å². The molecule has 0 aliphatic carbocycles. The van der Waals surface area contributed by atoms with E-state index in [2.05, 4.69) is 32.3 Å². The summed E-state index contributed by atoms with van der Waals surface area (Å²) in [5.74, 6) is -0.0991. The minimum Gasteiger partial charge on any atom is -0.493 e. The van der Waals surface area contributed by atoms with E-state index in [4.69, 9.17) is 9.84 Å². The summed E-state index contributed by atoms with van der Waals surface area (Å²) in [5, 5.41) is 12.3. The number of rotatable bonds is 4. The number of nitrogens with one attached hydrogen (secondary N) is 1. The number of aromatic carboxylic acids is 1. The van der Waals surface area contributed by atoms with Crippen LogP contribution in [0.25, 0.3) is 0 Å². The largest absolute Gasteiger partial charge is 0.493 e. The van der Waals surface area contributed by atoms with E-state index in [1.807, 2.05) is 6.07 Å². The first-order valence-electron chi connectivity index (χ1n) is 6.50. The van der Waals surface area contributed by atoms with Gasteiger partial charge < -0.3 is 15.2 Å². The van der Waals surface area contributed by atoms with Crippen molar-refractivity contribution in [1.29, 1.82) is 0 Å². The zero-order valence-corrected chi connectivity index (χ0v) is 12.7. The predicted octanol–water partition coefficient (Wildman–Crippen LogP) is 3.09. The first-order chi connectivity index (χ1) is 10.1. The lowest BCUT2D eigenvalue weighted by molar-refractivity contribution is 0.0697. The fourth-order valence-electron chi connectivity index (χ4n) is 2.39. The van der Waals surface area contributed by atoms with Gasteiger partial charge in [-0.1, -0.05) is 15.9 Å². The summed E-state index contributed by atoms with van der Waals surface area (Å²) >= 11 is 3.49. The summed E-state index contributed by atoms with van der Waals surface area (Å²) in [6.45, 7) is 1.18. The van der Waals surface area contributed by atoms with Crippen molar-refractivity contribution in [3.63, 3.8) is 0 Å². The van der Waals surface area contributed by atoms with Crippen molar-refractivity contribution in [1.82, 2.24) is 4.98 Å². The van der Waals surface area contributed by atoms with E-state index in [9.17, 15) is 4.79 Å². The van der Waals surface area contributed by atoms with Crippen molar-refractivity contribution in [3.8, 4) is 5.75 Å². The number of carbonyl (C=O) groups is 1. The molecule has 1 aliphatic heterocycles. The van der Waals surface area contributed by atoms with Gasteiger partial charge in [0.1, 0.15) is 11.3 Å². The van der Waals surface area contributed by atoms with Crippen LogP contribution in [-0.4, -0.2) is 22.7 Å². The molecule has 0 atom stereocenters. The molecular formula is C15H13BrN2O3. The van der Waals surface area contributed by atoms with Crippen molar-refractivity contribution >= 4 is 27.6 Å². The molecular weight excluding hydrogens is 336 g/mol. The second kappa shape index (κ2) is 5.73. The molecule has 2 heterocycles. The lowest BCUT2D eigenvalue weighted by Gasteiger charge is -2.12. The van der Waals surface area contributed by atoms with Gasteiger partial charge in [0.15, 0.2) is 0 Å². The number of hydrogen-bond donors (Lipinski definition) is 2. The number of pyridine rings is 1. The molecule has 2 aromatic rings. The van der Waals surface area contributed by atoms with Crippen LogP contribution in [0.3, 0.4) is 0 Å². The number of carboxylic acid groups (broad SMARTS) is 1. The molecule has 1 aromatic carbocycles. The minimum absolute atomic E-state index is 0.157. The number of hydrogen-bond acceptors (Lipinski definition) is 4. The first kappa shape index (κ1) is 13.9. The van der Waals surface area contributed by atoms with Crippen LogP contribution < -0.4 is 10.1 Å². The first-order valence-corrected chi connectivity index (χ1v) is 7.29. The molecule has 6 heteroatoms. The Kier molecular flexibility index (Phi) is 3.79. The smallest absolute Gasteiger partial charge is 0.339 e. The number of nitrogens with zero attached hydrogens (tertiary/aromatic N) is 1. The topological polar surface area (TPSA) is 71.5 Å². The van der Waals surface area contributed by atoms with Crippen LogP contribution in [0.2, 0.25) is 0 Å². The average Bonchev–Trinajstić information content (AvgIpc) is 2.93. The second-order valence-corrected chi connectivity index (χ2v) is 5.65. The monoisotopic (exact) mass is 348 g/mol. The molecule has 0 bridgehead atoms. The average molecular weight is 349 g/mol. The van der Waals surface area contributed by atoms with Crippen LogP contribution >= 0.6 is 15.9 Å². The van der Waals surface area contributed by atoms with Crippen LogP contribution in [0, 0.1) is 0 Å². The number of carboxylic acids is 1. The SMILES string of the molecule is O=C(O)c1cnccc1NCc1cc(Br)cc2c1OCC2. The number of ether oxygens (including phenoxy) is 1. The van der Waals surface area contributed by atoms with Crippen molar-refractivity contribution in [2.75, 3.05) is 11.9 Å². The fourth-order valence-corrected chi connectivity index (χ4v) is 2.94. The molecule has 3 rings (SSSR count). The minimum atomic E-state index is -0.999. The van der Waals surface area contributed by atoms with E-state index < -0.39 is 5.97 Å². The van der Waals surface area contributed by atoms with E-state index >= 15 is 0 Å². The summed E-state index contributed by atoms with van der Waals surface area (Å²) in [6.07, 6.45) is 3.81. The highest BCUT2D eigenvalue weighted by molar-refractivity contribution is 9.10. The maximum Gasteiger partial charge on any atom is 0.339 e. The normalized spacial score (nSPS) is 12.6. The Bertz CT molecular complexity index is 703. The number of aromatic nitrogens is 1. The van der Waals surface area contributed by atoms with Gasteiger partial charge >= 0.3 is 5.97 Å². The molecule has 0 unspecified atom stereocenters. The molecule has 21 heavy (non-hydrogen) atoms. The number of benzene rings is 1. The second-order valence-electron chi connectivity index (χ2n) is 4.73. The highest BCUT2D eigenvalue weighted by Gasteiger charge is 2.18. The van der Waals surface area contributed by atoms with E-state index in [0.29, 0.717) is 18.8 Å². The third kappa shape index (κ3) is 2.85. The number of halogens is 1. The van der Waals surface area contributed by atoms with Gasteiger partial charge in [0.25, 0.3) is 0 Å². The molecule has 2 N–H and O–H groups in total. The summed E-state index contributed by atoms with van der Waals surface area (Å²) in [5.41, 5.74) is 2.88. The highest BCUT2D eigenvalue weighted by atomic mass is 79.9. The van der Waals surface area contributed by atoms with Gasteiger partial charge in [-0.3, -0.25) is 4.98 Å². The maximum absolute atomic E-state index is 11.2. The fraction of sp³-hybridized carbons (Fsp3) is 0.200. The van der Waals surface area contributed by atoms with E-state index in [-0.39, 0.29) is 5.56 Å². The van der Waals surface area contributed by atoms with Crippen molar-refractivity contribution < 1.29 is 14.6 Å². The quantitative estimate of drug-likeness (QED) is 0.888. The van der Waals surface area contributed by atoms with Crippen molar-refractivity contribution in [2.45, 2.75) is 13.0 Å². The summed E-state index contributed by atoms with van der Waals surface area (Å²) in [6, 6.07) is 5.70. The Labute approximate surface area is 130 Å². The zero-order valence-electron chi connectivity index (χ0n) is 11.1. The molecule has 1 aliphatic rings. The zero-order chi connectivity index (χ0) is 14.8. The van der Waals surface area contributed by atoms with Gasteiger partial charge in [-0.05, 0) is 23.8 Å². The maximum atomic E-state index is 11.2. The van der Waals surface area contributed by atoms with E-state index in [1.165, 1.54) is 11.8 Å². The van der Waals surface area contributed by atoms with Crippen LogP contribution in [0.1, 0.15) is 21.5 Å². The van der Waals surface area contributed by atoms with Crippen molar-refractivity contribution in [2.24, 2.45) is 0 Å². The Hall–Kier alpha value is -2.08. The molecule has 0 spiro atoms. The van der Waals surface area contributed by atoms with Gasteiger partial charge in [0, 0.05) is 35.4 Å². The molecule has 108 valence electrons. The molecule has 1 aromatic heterocycles.